The summed E-state index contributed by atoms with van der Waals surface area (Å²) in [4.78, 5) is 0. The molecule has 0 fully saturated rings. The van der Waals surface area contributed by atoms with Crippen LogP contribution in [0.25, 0.3) is 0 Å². The molecule has 0 atom stereocenters. The second-order valence-corrected chi connectivity index (χ2v) is 4.52. The molecule has 14 heavy (non-hydrogen) atoms. The van der Waals surface area contributed by atoms with Crippen LogP contribution in [-0.4, -0.2) is 15.5 Å². The molecule has 0 aliphatic rings. The molecule has 78 valence electrons. The molecule has 0 aromatic heterocycles. The van der Waals surface area contributed by atoms with Gasteiger partial charge in [0.15, 0.2) is 0 Å². The Kier molecular flexibility index (Phi) is 2.97. The van der Waals surface area contributed by atoms with Crippen molar-refractivity contribution in [3.05, 3.63) is 23.8 Å². The first-order valence-corrected chi connectivity index (χ1v) is 5.50. The van der Waals surface area contributed by atoms with E-state index >= 15 is 0 Å². The maximum absolute atomic E-state index is 11.1. The van der Waals surface area contributed by atoms with Crippen LogP contribution >= 0.6 is 0 Å². The van der Waals surface area contributed by atoms with Gasteiger partial charge in [-0.1, -0.05) is 6.07 Å². The van der Waals surface area contributed by atoms with Crippen LogP contribution in [0.2, 0.25) is 0 Å². The zero-order valence-electron chi connectivity index (χ0n) is 8.03. The Bertz CT molecular complexity index is 428. The van der Waals surface area contributed by atoms with Crippen molar-refractivity contribution in [2.45, 2.75) is 6.92 Å². The summed E-state index contributed by atoms with van der Waals surface area (Å²) in [6.07, 6.45) is 0. The Morgan fingerprint density at radius 2 is 2.00 bits per heavy atom. The SMILES string of the molecule is CNS(=O)(=O)Nc1ccc(C)cc1N. The molecule has 4 N–H and O–H groups in total. The molecule has 0 aliphatic carbocycles. The third-order valence-corrected chi connectivity index (χ3v) is 2.75. The Labute approximate surface area is 83.5 Å². The Balaban J connectivity index is 2.99. The van der Waals surface area contributed by atoms with Crippen LogP contribution in [0, 0.1) is 6.92 Å². The number of aryl methyl sites for hydroxylation is 1. The predicted molar refractivity (Wildman–Crippen MR) is 57.2 cm³/mol. The number of nitrogen functional groups attached to an aromatic ring is 1. The fourth-order valence-electron chi connectivity index (χ4n) is 0.971. The first kappa shape index (κ1) is 10.8. The average molecular weight is 215 g/mol. The molecule has 0 spiro atoms. The standard InChI is InChI=1S/C8H13N3O2S/c1-6-3-4-8(7(9)5-6)11-14(12,13)10-2/h3-5,10-11H,9H2,1-2H3. The van der Waals surface area contributed by atoms with Gasteiger partial charge in [0.05, 0.1) is 11.4 Å². The quantitative estimate of drug-likeness (QED) is 0.640. The van der Waals surface area contributed by atoms with E-state index in [9.17, 15) is 8.42 Å². The number of hydrogen-bond acceptors (Lipinski definition) is 3. The molecular weight excluding hydrogens is 202 g/mol. The van der Waals surface area contributed by atoms with Gasteiger partial charge in [-0.25, -0.2) is 4.72 Å². The molecule has 0 saturated heterocycles. The molecule has 0 aliphatic heterocycles. The van der Waals surface area contributed by atoms with E-state index in [1.165, 1.54) is 7.05 Å². The molecule has 0 bridgehead atoms. The van der Waals surface area contributed by atoms with Crippen molar-refractivity contribution in [1.29, 1.82) is 0 Å². The van der Waals surface area contributed by atoms with E-state index in [2.05, 4.69) is 9.44 Å². The maximum Gasteiger partial charge on any atom is 0.298 e. The van der Waals surface area contributed by atoms with Gasteiger partial charge < -0.3 is 5.73 Å². The highest BCUT2D eigenvalue weighted by molar-refractivity contribution is 7.90. The van der Waals surface area contributed by atoms with Gasteiger partial charge in [-0.15, -0.1) is 0 Å². The van der Waals surface area contributed by atoms with Gasteiger partial charge in [-0.2, -0.15) is 8.42 Å². The molecule has 0 saturated carbocycles. The number of rotatable bonds is 3. The summed E-state index contributed by atoms with van der Waals surface area (Å²) in [5.41, 5.74) is 7.40. The first-order valence-electron chi connectivity index (χ1n) is 4.02. The van der Waals surface area contributed by atoms with Crippen LogP contribution in [0.15, 0.2) is 18.2 Å². The Morgan fingerprint density at radius 3 is 2.50 bits per heavy atom. The second kappa shape index (κ2) is 3.85. The normalized spacial score (nSPS) is 11.3. The fraction of sp³-hybridized carbons (Fsp3) is 0.250. The van der Waals surface area contributed by atoms with Crippen molar-refractivity contribution in [3.8, 4) is 0 Å². The Hall–Kier alpha value is -1.27. The fourth-order valence-corrected chi connectivity index (χ4v) is 1.55. The van der Waals surface area contributed by atoms with Crippen LogP contribution in [0.5, 0.6) is 0 Å². The number of anilines is 2. The van der Waals surface area contributed by atoms with Crippen LogP contribution in [0.3, 0.4) is 0 Å². The van der Waals surface area contributed by atoms with E-state index in [0.717, 1.165) is 5.56 Å². The van der Waals surface area contributed by atoms with Gasteiger partial charge in [0.25, 0.3) is 10.2 Å². The van der Waals surface area contributed by atoms with Gasteiger partial charge in [0.1, 0.15) is 0 Å². The van der Waals surface area contributed by atoms with Gasteiger partial charge >= 0.3 is 0 Å². The average Bonchev–Trinajstić information content (AvgIpc) is 2.10. The summed E-state index contributed by atoms with van der Waals surface area (Å²) >= 11 is 0. The largest absolute Gasteiger partial charge is 0.397 e. The van der Waals surface area contributed by atoms with Crippen molar-refractivity contribution in [2.24, 2.45) is 0 Å². The lowest BCUT2D eigenvalue weighted by Gasteiger charge is -2.09. The highest BCUT2D eigenvalue weighted by Crippen LogP contribution is 2.19. The van der Waals surface area contributed by atoms with E-state index in [1.54, 1.807) is 18.2 Å². The van der Waals surface area contributed by atoms with E-state index in [1.807, 2.05) is 6.92 Å². The molecule has 5 nitrogen and oxygen atoms in total. The van der Waals surface area contributed by atoms with Gasteiger partial charge in [-0.3, -0.25) is 4.72 Å². The smallest absolute Gasteiger partial charge is 0.298 e. The van der Waals surface area contributed by atoms with Crippen molar-refractivity contribution in [1.82, 2.24) is 4.72 Å². The lowest BCUT2D eigenvalue weighted by atomic mass is 10.2. The number of nitrogens with two attached hydrogens (primary N) is 1. The number of nitrogens with one attached hydrogen (secondary N) is 2. The van der Waals surface area contributed by atoms with Crippen molar-refractivity contribution >= 4 is 21.6 Å². The summed E-state index contributed by atoms with van der Waals surface area (Å²) in [5.74, 6) is 0. The molecule has 0 unspecified atom stereocenters. The second-order valence-electron chi connectivity index (χ2n) is 2.90. The number of benzene rings is 1. The summed E-state index contributed by atoms with van der Waals surface area (Å²) in [5, 5.41) is 0. The Morgan fingerprint density at radius 1 is 1.36 bits per heavy atom. The molecule has 1 aromatic rings. The molecule has 1 rings (SSSR count). The lowest BCUT2D eigenvalue weighted by Crippen LogP contribution is -2.26. The van der Waals surface area contributed by atoms with E-state index in [4.69, 9.17) is 5.73 Å². The highest BCUT2D eigenvalue weighted by Gasteiger charge is 2.08. The van der Waals surface area contributed by atoms with Gasteiger partial charge in [0.2, 0.25) is 0 Å². The zero-order chi connectivity index (χ0) is 10.8. The molecular formula is C8H13N3O2S. The molecule has 1 aromatic carbocycles. The number of hydrogen-bond donors (Lipinski definition) is 3. The highest BCUT2D eigenvalue weighted by atomic mass is 32.2. The molecule has 0 radical (unpaired) electrons. The van der Waals surface area contributed by atoms with Crippen LogP contribution in [0.1, 0.15) is 5.56 Å². The third kappa shape index (κ3) is 2.61. The van der Waals surface area contributed by atoms with Crippen molar-refractivity contribution in [3.63, 3.8) is 0 Å². The van der Waals surface area contributed by atoms with Crippen LogP contribution < -0.4 is 15.2 Å². The van der Waals surface area contributed by atoms with Crippen molar-refractivity contribution < 1.29 is 8.42 Å². The summed E-state index contributed by atoms with van der Waals surface area (Å²) in [6, 6.07) is 5.11. The van der Waals surface area contributed by atoms with Crippen LogP contribution in [0.4, 0.5) is 11.4 Å². The van der Waals surface area contributed by atoms with Crippen molar-refractivity contribution in [2.75, 3.05) is 17.5 Å². The predicted octanol–water partition coefficient (Wildman–Crippen LogP) is 0.453. The minimum Gasteiger partial charge on any atom is -0.397 e. The van der Waals surface area contributed by atoms with E-state index < -0.39 is 10.2 Å². The molecule has 0 amide bonds. The monoisotopic (exact) mass is 215 g/mol. The van der Waals surface area contributed by atoms with Gasteiger partial charge in [-0.05, 0) is 24.6 Å². The maximum atomic E-state index is 11.1. The van der Waals surface area contributed by atoms with E-state index in [0.29, 0.717) is 11.4 Å². The molecule has 6 heteroatoms. The van der Waals surface area contributed by atoms with E-state index in [-0.39, 0.29) is 0 Å². The van der Waals surface area contributed by atoms with Crippen LogP contribution in [-0.2, 0) is 10.2 Å². The summed E-state index contributed by atoms with van der Waals surface area (Å²) in [7, 11) is -2.16. The summed E-state index contributed by atoms with van der Waals surface area (Å²) < 4.78 is 26.7. The first-order chi connectivity index (χ1) is 6.44. The molecule has 0 heterocycles. The summed E-state index contributed by atoms with van der Waals surface area (Å²) in [6.45, 7) is 1.88. The lowest BCUT2D eigenvalue weighted by molar-refractivity contribution is 0.593. The zero-order valence-corrected chi connectivity index (χ0v) is 8.85. The minimum absolute atomic E-state index is 0.380. The topological polar surface area (TPSA) is 84.2 Å². The van der Waals surface area contributed by atoms with Gasteiger partial charge in [0, 0.05) is 7.05 Å². The third-order valence-electron chi connectivity index (χ3n) is 1.72. The minimum atomic E-state index is -3.49.